The van der Waals surface area contributed by atoms with E-state index in [-0.39, 0.29) is 12.1 Å². The zero-order chi connectivity index (χ0) is 13.9. The van der Waals surface area contributed by atoms with Crippen molar-refractivity contribution in [2.45, 2.75) is 57.1 Å². The first-order valence-electron chi connectivity index (χ1n) is 8.68. The largest absolute Gasteiger partial charge is 0.393 e. The van der Waals surface area contributed by atoms with Crippen molar-refractivity contribution in [2.75, 3.05) is 20.1 Å². The third kappa shape index (κ3) is 2.05. The topological polar surface area (TPSA) is 49.5 Å². The van der Waals surface area contributed by atoms with Gasteiger partial charge in [0.1, 0.15) is 0 Å². The Balaban J connectivity index is 1.56. The third-order valence-electron chi connectivity index (χ3n) is 7.08. The van der Waals surface area contributed by atoms with Crippen LogP contribution in [-0.4, -0.2) is 42.3 Å². The van der Waals surface area contributed by atoms with Gasteiger partial charge in [0.15, 0.2) is 0 Å². The van der Waals surface area contributed by atoms with E-state index < -0.39 is 0 Å². The number of nitrogens with two attached hydrogens (primary N) is 1. The lowest BCUT2D eigenvalue weighted by Crippen LogP contribution is -2.61. The highest BCUT2D eigenvalue weighted by molar-refractivity contribution is 5.08. The van der Waals surface area contributed by atoms with Gasteiger partial charge in [-0.3, -0.25) is 0 Å². The molecule has 0 amide bonds. The molecule has 1 heterocycles. The zero-order valence-electron chi connectivity index (χ0n) is 12.8. The second-order valence-electron chi connectivity index (χ2n) is 8.59. The average molecular weight is 278 g/mol. The van der Waals surface area contributed by atoms with Crippen LogP contribution in [0, 0.1) is 29.1 Å². The molecule has 4 saturated carbocycles. The molecule has 3 N–H and O–H groups in total. The van der Waals surface area contributed by atoms with Crippen LogP contribution in [0.25, 0.3) is 0 Å². The van der Waals surface area contributed by atoms with Crippen molar-refractivity contribution in [1.29, 1.82) is 0 Å². The minimum absolute atomic E-state index is 0.172. The van der Waals surface area contributed by atoms with Crippen LogP contribution in [0.15, 0.2) is 0 Å². The number of aliphatic hydroxyl groups excluding tert-OH is 1. The minimum atomic E-state index is -0.172. The van der Waals surface area contributed by atoms with Gasteiger partial charge in [-0.1, -0.05) is 0 Å². The van der Waals surface area contributed by atoms with Crippen LogP contribution in [0.4, 0.5) is 0 Å². The summed E-state index contributed by atoms with van der Waals surface area (Å²) in [4.78, 5) is 2.36. The van der Waals surface area contributed by atoms with Gasteiger partial charge in [0.25, 0.3) is 0 Å². The van der Waals surface area contributed by atoms with Gasteiger partial charge in [0.2, 0.25) is 0 Å². The standard InChI is InChI=1S/C17H30N2O/c1-19-3-2-15(20)14(10-19)16(18)17-7-11-4-12(8-17)6-13(5-11)9-17/h11-16,20H,2-10,18H2,1H3/t11?,12?,13?,14-,15+,16?,17?/m0/s1. The molecule has 20 heavy (non-hydrogen) atoms. The molecular weight excluding hydrogens is 248 g/mol. The fourth-order valence-electron chi connectivity index (χ4n) is 6.53. The Morgan fingerprint density at radius 3 is 2.20 bits per heavy atom. The van der Waals surface area contributed by atoms with E-state index in [1.165, 1.54) is 38.5 Å². The van der Waals surface area contributed by atoms with Gasteiger partial charge < -0.3 is 15.7 Å². The van der Waals surface area contributed by atoms with Crippen molar-refractivity contribution < 1.29 is 5.11 Å². The Morgan fingerprint density at radius 1 is 1.10 bits per heavy atom. The van der Waals surface area contributed by atoms with Crippen molar-refractivity contribution in [3.05, 3.63) is 0 Å². The smallest absolute Gasteiger partial charge is 0.0607 e. The van der Waals surface area contributed by atoms with Crippen molar-refractivity contribution in [1.82, 2.24) is 4.90 Å². The average Bonchev–Trinajstić information content (AvgIpc) is 2.39. The molecule has 0 radical (unpaired) electrons. The molecular formula is C17H30N2O. The van der Waals surface area contributed by atoms with E-state index in [1.54, 1.807) is 0 Å². The van der Waals surface area contributed by atoms with Gasteiger partial charge in [-0.15, -0.1) is 0 Å². The molecule has 114 valence electrons. The molecule has 3 atom stereocenters. The second-order valence-corrected chi connectivity index (χ2v) is 8.59. The number of hydrogen-bond donors (Lipinski definition) is 2. The normalized spacial score (nSPS) is 53.2. The van der Waals surface area contributed by atoms with Crippen LogP contribution in [0.5, 0.6) is 0 Å². The molecule has 1 aliphatic heterocycles. The number of rotatable bonds is 2. The van der Waals surface area contributed by atoms with Gasteiger partial charge in [-0.25, -0.2) is 0 Å². The number of likely N-dealkylation sites (tertiary alicyclic amines) is 1. The van der Waals surface area contributed by atoms with Gasteiger partial charge in [0.05, 0.1) is 6.10 Å². The maximum Gasteiger partial charge on any atom is 0.0607 e. The van der Waals surface area contributed by atoms with Crippen LogP contribution >= 0.6 is 0 Å². The van der Waals surface area contributed by atoms with Crippen molar-refractivity contribution in [3.8, 4) is 0 Å². The number of nitrogens with zero attached hydrogens (tertiary/aromatic N) is 1. The van der Waals surface area contributed by atoms with E-state index >= 15 is 0 Å². The molecule has 1 unspecified atom stereocenters. The van der Waals surface area contributed by atoms with Crippen LogP contribution in [0.3, 0.4) is 0 Å². The summed E-state index contributed by atoms with van der Waals surface area (Å²) in [6, 6.07) is 0.216. The summed E-state index contributed by atoms with van der Waals surface area (Å²) in [5, 5.41) is 10.5. The van der Waals surface area contributed by atoms with Gasteiger partial charge in [-0.2, -0.15) is 0 Å². The molecule has 0 aromatic carbocycles. The van der Waals surface area contributed by atoms with Gasteiger partial charge in [-0.05, 0) is 75.2 Å². The third-order valence-corrected chi connectivity index (χ3v) is 7.08. The van der Waals surface area contributed by atoms with Crippen molar-refractivity contribution in [3.63, 3.8) is 0 Å². The summed E-state index contributed by atoms with van der Waals surface area (Å²) < 4.78 is 0. The maximum absolute atomic E-state index is 10.5. The highest BCUT2D eigenvalue weighted by atomic mass is 16.3. The van der Waals surface area contributed by atoms with E-state index in [1.807, 2.05) is 0 Å². The summed E-state index contributed by atoms with van der Waals surface area (Å²) >= 11 is 0. The van der Waals surface area contributed by atoms with Gasteiger partial charge in [0, 0.05) is 25.0 Å². The Bertz CT molecular complexity index is 348. The van der Waals surface area contributed by atoms with Crippen molar-refractivity contribution >= 4 is 0 Å². The number of hydrogen-bond acceptors (Lipinski definition) is 3. The first kappa shape index (κ1) is 13.5. The Hall–Kier alpha value is -0.120. The predicted octanol–water partition coefficient (Wildman–Crippen LogP) is 1.84. The van der Waals surface area contributed by atoms with Crippen LogP contribution in [-0.2, 0) is 0 Å². The van der Waals surface area contributed by atoms with E-state index in [2.05, 4.69) is 11.9 Å². The SMILES string of the molecule is CN1CC[C@@H](O)[C@@H](C(N)C23CC4CC(CC(C4)C2)C3)C1. The summed E-state index contributed by atoms with van der Waals surface area (Å²) in [5.74, 6) is 3.15. The molecule has 0 spiro atoms. The molecule has 3 nitrogen and oxygen atoms in total. The summed E-state index contributed by atoms with van der Waals surface area (Å²) in [6.45, 7) is 2.01. The highest BCUT2D eigenvalue weighted by Gasteiger charge is 2.55. The van der Waals surface area contributed by atoms with E-state index in [4.69, 9.17) is 5.73 Å². The number of aliphatic hydroxyl groups is 1. The van der Waals surface area contributed by atoms with Crippen LogP contribution in [0.2, 0.25) is 0 Å². The first-order valence-corrected chi connectivity index (χ1v) is 8.68. The quantitative estimate of drug-likeness (QED) is 0.810. The molecule has 5 fully saturated rings. The summed E-state index contributed by atoms with van der Waals surface area (Å²) in [7, 11) is 2.17. The van der Waals surface area contributed by atoms with E-state index in [0.29, 0.717) is 11.3 Å². The molecule has 5 aliphatic rings. The first-order chi connectivity index (χ1) is 9.56. The Morgan fingerprint density at radius 2 is 1.65 bits per heavy atom. The van der Waals surface area contributed by atoms with Gasteiger partial charge >= 0.3 is 0 Å². The number of piperidine rings is 1. The Labute approximate surface area is 122 Å². The zero-order valence-corrected chi connectivity index (χ0v) is 12.8. The highest BCUT2D eigenvalue weighted by Crippen LogP contribution is 2.61. The van der Waals surface area contributed by atoms with Crippen LogP contribution < -0.4 is 5.73 Å². The fraction of sp³-hybridized carbons (Fsp3) is 1.00. The van der Waals surface area contributed by atoms with E-state index in [9.17, 15) is 5.11 Å². The molecule has 0 aromatic heterocycles. The molecule has 0 aromatic rings. The molecule has 5 rings (SSSR count). The monoisotopic (exact) mass is 278 g/mol. The lowest BCUT2D eigenvalue weighted by molar-refractivity contribution is -0.0975. The summed E-state index contributed by atoms with van der Waals surface area (Å²) in [6.07, 6.45) is 9.21. The molecule has 3 heteroatoms. The molecule has 1 saturated heterocycles. The fourth-order valence-corrected chi connectivity index (χ4v) is 6.53. The minimum Gasteiger partial charge on any atom is -0.393 e. The van der Waals surface area contributed by atoms with Crippen molar-refractivity contribution in [2.24, 2.45) is 34.8 Å². The lowest BCUT2D eigenvalue weighted by atomic mass is 9.46. The Kier molecular flexibility index (Phi) is 3.17. The molecule has 4 bridgehead atoms. The maximum atomic E-state index is 10.5. The lowest BCUT2D eigenvalue weighted by Gasteiger charge is -2.60. The second kappa shape index (κ2) is 4.69. The van der Waals surface area contributed by atoms with Crippen LogP contribution in [0.1, 0.15) is 44.9 Å². The summed E-state index contributed by atoms with van der Waals surface area (Å²) in [5.41, 5.74) is 7.19. The molecule has 4 aliphatic carbocycles. The predicted molar refractivity (Wildman–Crippen MR) is 80.2 cm³/mol. The van der Waals surface area contributed by atoms with E-state index in [0.717, 1.165) is 37.3 Å².